The van der Waals surface area contributed by atoms with E-state index in [9.17, 15) is 43.8 Å². The van der Waals surface area contributed by atoms with E-state index in [4.69, 9.17) is 10.8 Å². The zero-order valence-electron chi connectivity index (χ0n) is 23.9. The number of amides is 4. The lowest BCUT2D eigenvalue weighted by Crippen LogP contribution is -2.60. The molecule has 232 valence electrons. The fraction of sp³-hybridized carbons (Fsp3) is 0.731. The van der Waals surface area contributed by atoms with Crippen LogP contribution in [0.15, 0.2) is 0 Å². The van der Waals surface area contributed by atoms with Crippen molar-refractivity contribution in [1.82, 2.24) is 20.9 Å². The van der Waals surface area contributed by atoms with E-state index in [1.807, 2.05) is 0 Å². The van der Waals surface area contributed by atoms with Gasteiger partial charge in [-0.1, -0.05) is 40.5 Å². The molecule has 0 radical (unpaired) electrons. The molecule has 0 aromatic carbocycles. The molecule has 0 aliphatic carbocycles. The van der Waals surface area contributed by atoms with Crippen LogP contribution in [0.1, 0.15) is 72.6 Å². The zero-order chi connectivity index (χ0) is 31.4. The number of carboxylic acid groups (broad SMARTS) is 3. The summed E-state index contributed by atoms with van der Waals surface area (Å²) in [5, 5.41) is 34.9. The first-order chi connectivity index (χ1) is 19.1. The SMILES string of the molecule is CC[C@H](C)[C@H](NC(=O)[C@H](CC(=O)O)NC(=O)[C@@H](NC(=O)[C@@H]1CCCN1C(=O)[C@@H](N)CCC(=O)O)[C@@H](C)CC)C(=O)O. The van der Waals surface area contributed by atoms with Crippen molar-refractivity contribution in [1.29, 1.82) is 0 Å². The molecule has 4 amide bonds. The summed E-state index contributed by atoms with van der Waals surface area (Å²) in [7, 11) is 0. The van der Waals surface area contributed by atoms with Crippen molar-refractivity contribution in [3.63, 3.8) is 0 Å². The molecule has 1 heterocycles. The molecule has 0 saturated carbocycles. The van der Waals surface area contributed by atoms with Crippen molar-refractivity contribution in [3.05, 3.63) is 0 Å². The molecule has 1 saturated heterocycles. The van der Waals surface area contributed by atoms with Gasteiger partial charge in [0.15, 0.2) is 0 Å². The molecule has 0 spiro atoms. The summed E-state index contributed by atoms with van der Waals surface area (Å²) in [5.74, 6) is -7.85. The van der Waals surface area contributed by atoms with Crippen molar-refractivity contribution in [2.24, 2.45) is 17.6 Å². The second-order valence-corrected chi connectivity index (χ2v) is 10.5. The monoisotopic (exact) mass is 585 g/mol. The Morgan fingerprint density at radius 2 is 1.44 bits per heavy atom. The van der Waals surface area contributed by atoms with Crippen molar-refractivity contribution in [2.75, 3.05) is 6.54 Å². The van der Waals surface area contributed by atoms with Crippen molar-refractivity contribution in [3.8, 4) is 0 Å². The van der Waals surface area contributed by atoms with E-state index in [0.29, 0.717) is 19.3 Å². The molecule has 8 N–H and O–H groups in total. The maximum atomic E-state index is 13.3. The van der Waals surface area contributed by atoms with E-state index in [1.165, 1.54) is 4.90 Å². The van der Waals surface area contributed by atoms with Crippen LogP contribution in [-0.2, 0) is 33.6 Å². The number of hydrogen-bond donors (Lipinski definition) is 7. The molecule has 0 bridgehead atoms. The number of aliphatic carboxylic acids is 3. The van der Waals surface area contributed by atoms with Crippen LogP contribution in [0, 0.1) is 11.8 Å². The van der Waals surface area contributed by atoms with Gasteiger partial charge in [-0.05, 0) is 31.1 Å². The molecule has 0 aromatic heterocycles. The van der Waals surface area contributed by atoms with Gasteiger partial charge >= 0.3 is 17.9 Å². The molecule has 15 nitrogen and oxygen atoms in total. The largest absolute Gasteiger partial charge is 0.481 e. The number of nitrogens with two attached hydrogens (primary N) is 1. The molecule has 15 heteroatoms. The highest BCUT2D eigenvalue weighted by Crippen LogP contribution is 2.20. The van der Waals surface area contributed by atoms with Crippen LogP contribution in [-0.4, -0.2) is 98.5 Å². The van der Waals surface area contributed by atoms with Gasteiger partial charge in [0.1, 0.15) is 24.2 Å². The highest BCUT2D eigenvalue weighted by molar-refractivity contribution is 5.96. The fourth-order valence-corrected chi connectivity index (χ4v) is 4.45. The highest BCUT2D eigenvalue weighted by atomic mass is 16.4. The number of rotatable bonds is 17. The summed E-state index contributed by atoms with van der Waals surface area (Å²) >= 11 is 0. The molecule has 0 aromatic rings. The summed E-state index contributed by atoms with van der Waals surface area (Å²) < 4.78 is 0. The van der Waals surface area contributed by atoms with E-state index < -0.39 is 90.0 Å². The Kier molecular flexibility index (Phi) is 14.2. The van der Waals surface area contributed by atoms with Crippen LogP contribution in [0.5, 0.6) is 0 Å². The minimum absolute atomic E-state index is 0.107. The molecule has 41 heavy (non-hydrogen) atoms. The van der Waals surface area contributed by atoms with Crippen LogP contribution in [0.2, 0.25) is 0 Å². The van der Waals surface area contributed by atoms with E-state index in [2.05, 4.69) is 16.0 Å². The first kappa shape index (κ1) is 35.3. The van der Waals surface area contributed by atoms with Crippen LogP contribution in [0.3, 0.4) is 0 Å². The van der Waals surface area contributed by atoms with Gasteiger partial charge in [0.05, 0.1) is 12.5 Å². The zero-order valence-corrected chi connectivity index (χ0v) is 23.9. The van der Waals surface area contributed by atoms with Gasteiger partial charge in [-0.3, -0.25) is 28.8 Å². The van der Waals surface area contributed by atoms with Gasteiger partial charge in [0, 0.05) is 13.0 Å². The molecule has 1 aliphatic rings. The van der Waals surface area contributed by atoms with Crippen molar-refractivity contribution >= 4 is 41.5 Å². The first-order valence-corrected chi connectivity index (χ1v) is 13.8. The summed E-state index contributed by atoms with van der Waals surface area (Å²) in [5.41, 5.74) is 5.86. The molecule has 1 fully saturated rings. The minimum Gasteiger partial charge on any atom is -0.481 e. The van der Waals surface area contributed by atoms with Gasteiger partial charge in [-0.25, -0.2) is 4.79 Å². The number of likely N-dealkylation sites (tertiary alicyclic amines) is 1. The molecule has 1 rings (SSSR count). The number of nitrogens with zero attached hydrogens (tertiary/aromatic N) is 1. The Bertz CT molecular complexity index is 990. The van der Waals surface area contributed by atoms with E-state index in [1.54, 1.807) is 27.7 Å². The number of carbonyl (C=O) groups is 7. The van der Waals surface area contributed by atoms with Crippen LogP contribution < -0.4 is 21.7 Å². The summed E-state index contributed by atoms with van der Waals surface area (Å²) in [6.45, 7) is 6.98. The Morgan fingerprint density at radius 1 is 0.854 bits per heavy atom. The average molecular weight is 586 g/mol. The van der Waals surface area contributed by atoms with Crippen LogP contribution in [0.4, 0.5) is 0 Å². The normalized spacial score (nSPS) is 19.1. The number of nitrogens with one attached hydrogen (secondary N) is 3. The van der Waals surface area contributed by atoms with Crippen molar-refractivity contribution in [2.45, 2.75) is 103 Å². The lowest BCUT2D eigenvalue weighted by molar-refractivity contribution is -0.145. The predicted octanol–water partition coefficient (Wildman–Crippen LogP) is -0.725. The van der Waals surface area contributed by atoms with Gasteiger partial charge in [-0.15, -0.1) is 0 Å². The Labute approximate surface area is 238 Å². The molecule has 0 unspecified atom stereocenters. The van der Waals surface area contributed by atoms with Gasteiger partial charge < -0.3 is 41.9 Å². The quantitative estimate of drug-likeness (QED) is 0.112. The first-order valence-electron chi connectivity index (χ1n) is 13.8. The van der Waals surface area contributed by atoms with E-state index >= 15 is 0 Å². The third-order valence-electron chi connectivity index (χ3n) is 7.41. The van der Waals surface area contributed by atoms with Gasteiger partial charge in [0.2, 0.25) is 23.6 Å². The Hall–Kier alpha value is -3.75. The number of carboxylic acids is 3. The van der Waals surface area contributed by atoms with Gasteiger partial charge in [0.25, 0.3) is 0 Å². The Balaban J connectivity index is 3.09. The third-order valence-corrected chi connectivity index (χ3v) is 7.41. The van der Waals surface area contributed by atoms with Crippen molar-refractivity contribution < 1.29 is 48.9 Å². The second kappa shape index (κ2) is 16.5. The third kappa shape index (κ3) is 10.6. The summed E-state index contributed by atoms with van der Waals surface area (Å²) in [6.07, 6.45) is 0.348. The maximum Gasteiger partial charge on any atom is 0.326 e. The minimum atomic E-state index is -1.62. The molecular weight excluding hydrogens is 542 g/mol. The smallest absolute Gasteiger partial charge is 0.326 e. The average Bonchev–Trinajstić information content (AvgIpc) is 3.40. The molecule has 1 aliphatic heterocycles. The second-order valence-electron chi connectivity index (χ2n) is 10.5. The van der Waals surface area contributed by atoms with Crippen LogP contribution >= 0.6 is 0 Å². The van der Waals surface area contributed by atoms with E-state index in [-0.39, 0.29) is 25.8 Å². The molecular formula is C26H43N5O10. The standard InChI is InChI=1S/C26H43N5O10/c1-5-13(3)20(29-23(37)17-8-7-11-31(17)25(39)15(27)9-10-18(32)33)24(38)28-16(12-19(34)35)22(36)30-21(26(40)41)14(4)6-2/h13-17,20-21H,5-12,27H2,1-4H3,(H,28,38)(H,29,37)(H,30,36)(H,32,33)(H,34,35)(H,40,41)/t13-,14-,15-,16-,17-,20-,21-/m0/s1. The predicted molar refractivity (Wildman–Crippen MR) is 144 cm³/mol. The summed E-state index contributed by atoms with van der Waals surface area (Å²) in [4.78, 5) is 87.5. The highest BCUT2D eigenvalue weighted by Gasteiger charge is 2.39. The fourth-order valence-electron chi connectivity index (χ4n) is 4.45. The maximum absolute atomic E-state index is 13.3. The topological polar surface area (TPSA) is 246 Å². The van der Waals surface area contributed by atoms with E-state index in [0.717, 1.165) is 0 Å². The lowest BCUT2D eigenvalue weighted by atomic mass is 9.96. The number of hydrogen-bond acceptors (Lipinski definition) is 8. The van der Waals surface area contributed by atoms with Gasteiger partial charge in [-0.2, -0.15) is 0 Å². The lowest BCUT2D eigenvalue weighted by Gasteiger charge is -2.30. The molecule has 7 atom stereocenters. The number of carbonyl (C=O) groups excluding carboxylic acids is 4. The van der Waals surface area contributed by atoms with Crippen LogP contribution in [0.25, 0.3) is 0 Å². The summed E-state index contributed by atoms with van der Waals surface area (Å²) in [6, 6.07) is -6.21. The Morgan fingerprint density at radius 3 is 1.95 bits per heavy atom.